The van der Waals surface area contributed by atoms with E-state index in [2.05, 4.69) is 11.9 Å². The molecule has 0 aliphatic rings. The summed E-state index contributed by atoms with van der Waals surface area (Å²) in [6, 6.07) is 7.64. The molecule has 0 heterocycles. The Labute approximate surface area is 102 Å². The molecule has 17 heavy (non-hydrogen) atoms. The van der Waals surface area contributed by atoms with Gasteiger partial charge in [0, 0.05) is 6.54 Å². The summed E-state index contributed by atoms with van der Waals surface area (Å²) in [6.07, 6.45) is -0.504. The number of carbonyl (C=O) groups excluding carboxylic acids is 1. The van der Waals surface area contributed by atoms with Gasteiger partial charge < -0.3 is 10.1 Å². The fourth-order valence-electron chi connectivity index (χ4n) is 1.33. The van der Waals surface area contributed by atoms with Crippen LogP contribution < -0.4 is 10.1 Å². The minimum absolute atomic E-state index is 0.130. The van der Waals surface area contributed by atoms with E-state index in [1.165, 1.54) is 0 Å². The first-order valence-electron chi connectivity index (χ1n) is 5.64. The van der Waals surface area contributed by atoms with E-state index in [1.807, 2.05) is 38.1 Å². The smallest absolute Gasteiger partial charge is 0.261 e. The predicted octanol–water partition coefficient (Wildman–Crippen LogP) is 2.45. The van der Waals surface area contributed by atoms with Crippen molar-refractivity contribution in [2.24, 2.45) is 0 Å². The number of ether oxygens (including phenoxy) is 1. The Morgan fingerprint density at radius 3 is 2.82 bits per heavy atom. The van der Waals surface area contributed by atoms with E-state index in [1.54, 1.807) is 6.92 Å². The number of hydrogen-bond acceptors (Lipinski definition) is 2. The SMILES string of the molecule is C=C(C)CNC(=O)C(C)Oc1cccc(C)c1. The van der Waals surface area contributed by atoms with Gasteiger partial charge in [0.1, 0.15) is 5.75 Å². The van der Waals surface area contributed by atoms with Gasteiger partial charge in [-0.05, 0) is 38.5 Å². The minimum Gasteiger partial charge on any atom is -0.481 e. The molecule has 1 aromatic carbocycles. The molecule has 1 unspecified atom stereocenters. The molecule has 0 spiro atoms. The first-order chi connectivity index (χ1) is 7.99. The molecule has 1 atom stereocenters. The van der Waals surface area contributed by atoms with Gasteiger partial charge in [-0.15, -0.1) is 0 Å². The van der Waals surface area contributed by atoms with Crippen LogP contribution in [0.2, 0.25) is 0 Å². The second kappa shape index (κ2) is 6.09. The molecule has 1 aromatic rings. The maximum absolute atomic E-state index is 11.7. The Morgan fingerprint density at radius 1 is 1.53 bits per heavy atom. The average Bonchev–Trinajstić information content (AvgIpc) is 2.25. The molecule has 0 radical (unpaired) electrons. The molecular weight excluding hydrogens is 214 g/mol. The summed E-state index contributed by atoms with van der Waals surface area (Å²) in [5, 5.41) is 2.75. The Morgan fingerprint density at radius 2 is 2.24 bits per heavy atom. The average molecular weight is 233 g/mol. The standard InChI is InChI=1S/C14H19NO2/c1-10(2)9-15-14(16)12(4)17-13-7-5-6-11(3)8-13/h5-8,12H,1,9H2,2-4H3,(H,15,16). The highest BCUT2D eigenvalue weighted by atomic mass is 16.5. The highest BCUT2D eigenvalue weighted by Gasteiger charge is 2.13. The van der Waals surface area contributed by atoms with Crippen LogP contribution in [0.15, 0.2) is 36.4 Å². The Kier molecular flexibility index (Phi) is 4.76. The number of hydrogen-bond donors (Lipinski definition) is 1. The quantitative estimate of drug-likeness (QED) is 0.793. The van der Waals surface area contributed by atoms with Gasteiger partial charge in [0.2, 0.25) is 0 Å². The van der Waals surface area contributed by atoms with E-state index in [-0.39, 0.29) is 5.91 Å². The van der Waals surface area contributed by atoms with E-state index in [9.17, 15) is 4.79 Å². The molecule has 1 amide bonds. The van der Waals surface area contributed by atoms with Gasteiger partial charge in [-0.3, -0.25) is 4.79 Å². The Bertz CT molecular complexity index is 412. The van der Waals surface area contributed by atoms with Crippen molar-refractivity contribution in [3.63, 3.8) is 0 Å². The van der Waals surface area contributed by atoms with Crippen molar-refractivity contribution in [2.75, 3.05) is 6.54 Å². The minimum atomic E-state index is -0.504. The number of amides is 1. The van der Waals surface area contributed by atoms with Gasteiger partial charge in [0.25, 0.3) is 5.91 Å². The summed E-state index contributed by atoms with van der Waals surface area (Å²) in [5.74, 6) is 0.581. The van der Waals surface area contributed by atoms with Crippen LogP contribution in [-0.4, -0.2) is 18.6 Å². The van der Waals surface area contributed by atoms with E-state index < -0.39 is 6.10 Å². The molecule has 1 rings (SSSR count). The molecule has 3 nitrogen and oxygen atoms in total. The third-order valence-corrected chi connectivity index (χ3v) is 2.24. The van der Waals surface area contributed by atoms with Crippen LogP contribution in [-0.2, 0) is 4.79 Å². The zero-order chi connectivity index (χ0) is 12.8. The van der Waals surface area contributed by atoms with Gasteiger partial charge in [0.05, 0.1) is 0 Å². The van der Waals surface area contributed by atoms with Crippen LogP contribution in [0.3, 0.4) is 0 Å². The van der Waals surface area contributed by atoms with Gasteiger partial charge in [-0.25, -0.2) is 0 Å². The van der Waals surface area contributed by atoms with Crippen molar-refractivity contribution in [3.8, 4) is 5.75 Å². The highest BCUT2D eigenvalue weighted by molar-refractivity contribution is 5.80. The fourth-order valence-corrected chi connectivity index (χ4v) is 1.33. The largest absolute Gasteiger partial charge is 0.481 e. The zero-order valence-corrected chi connectivity index (χ0v) is 10.6. The number of rotatable bonds is 5. The van der Waals surface area contributed by atoms with Crippen molar-refractivity contribution in [1.82, 2.24) is 5.32 Å². The van der Waals surface area contributed by atoms with Crippen molar-refractivity contribution in [2.45, 2.75) is 26.9 Å². The molecule has 0 bridgehead atoms. The second-order valence-electron chi connectivity index (χ2n) is 4.25. The lowest BCUT2D eigenvalue weighted by Crippen LogP contribution is -2.37. The molecule has 0 aromatic heterocycles. The van der Waals surface area contributed by atoms with Crippen LogP contribution >= 0.6 is 0 Å². The third kappa shape index (κ3) is 4.72. The Hall–Kier alpha value is -1.77. The molecular formula is C14H19NO2. The Balaban J connectivity index is 2.51. The molecule has 0 fully saturated rings. The first kappa shape index (κ1) is 13.3. The molecule has 0 saturated heterocycles. The van der Waals surface area contributed by atoms with Gasteiger partial charge in [-0.2, -0.15) is 0 Å². The van der Waals surface area contributed by atoms with Crippen molar-refractivity contribution in [3.05, 3.63) is 42.0 Å². The van der Waals surface area contributed by atoms with Crippen molar-refractivity contribution in [1.29, 1.82) is 0 Å². The van der Waals surface area contributed by atoms with Gasteiger partial charge in [0.15, 0.2) is 6.10 Å². The van der Waals surface area contributed by atoms with Crippen molar-refractivity contribution >= 4 is 5.91 Å². The zero-order valence-electron chi connectivity index (χ0n) is 10.6. The number of carbonyl (C=O) groups is 1. The summed E-state index contributed by atoms with van der Waals surface area (Å²) in [5.41, 5.74) is 2.03. The summed E-state index contributed by atoms with van der Waals surface area (Å²) in [7, 11) is 0. The van der Waals surface area contributed by atoms with Crippen LogP contribution in [0.1, 0.15) is 19.4 Å². The van der Waals surface area contributed by atoms with Crippen LogP contribution in [0.5, 0.6) is 5.75 Å². The van der Waals surface area contributed by atoms with Gasteiger partial charge >= 0.3 is 0 Å². The summed E-state index contributed by atoms with van der Waals surface area (Å²) in [4.78, 5) is 11.7. The van der Waals surface area contributed by atoms with E-state index in [0.29, 0.717) is 12.3 Å². The molecule has 3 heteroatoms. The third-order valence-electron chi connectivity index (χ3n) is 2.24. The normalized spacial score (nSPS) is 11.7. The first-order valence-corrected chi connectivity index (χ1v) is 5.64. The summed E-state index contributed by atoms with van der Waals surface area (Å²) in [6.45, 7) is 9.80. The molecule has 0 aliphatic carbocycles. The molecule has 1 N–H and O–H groups in total. The van der Waals surface area contributed by atoms with Gasteiger partial charge in [-0.1, -0.05) is 24.3 Å². The monoisotopic (exact) mass is 233 g/mol. The second-order valence-corrected chi connectivity index (χ2v) is 4.25. The van der Waals surface area contributed by atoms with Crippen LogP contribution in [0.25, 0.3) is 0 Å². The number of aryl methyl sites for hydroxylation is 1. The van der Waals surface area contributed by atoms with E-state index in [4.69, 9.17) is 4.74 Å². The summed E-state index contributed by atoms with van der Waals surface area (Å²) < 4.78 is 5.55. The number of nitrogens with one attached hydrogen (secondary N) is 1. The summed E-state index contributed by atoms with van der Waals surface area (Å²) >= 11 is 0. The van der Waals surface area contributed by atoms with E-state index >= 15 is 0 Å². The molecule has 92 valence electrons. The number of benzene rings is 1. The van der Waals surface area contributed by atoms with Crippen LogP contribution in [0, 0.1) is 6.92 Å². The topological polar surface area (TPSA) is 38.3 Å². The lowest BCUT2D eigenvalue weighted by Gasteiger charge is -2.15. The van der Waals surface area contributed by atoms with E-state index in [0.717, 1.165) is 11.1 Å². The highest BCUT2D eigenvalue weighted by Crippen LogP contribution is 2.14. The lowest BCUT2D eigenvalue weighted by atomic mass is 10.2. The molecule has 0 saturated carbocycles. The lowest BCUT2D eigenvalue weighted by molar-refractivity contribution is -0.127. The fraction of sp³-hybridized carbons (Fsp3) is 0.357. The maximum atomic E-state index is 11.7. The molecule has 0 aliphatic heterocycles. The van der Waals surface area contributed by atoms with Crippen LogP contribution in [0.4, 0.5) is 0 Å². The predicted molar refractivity (Wildman–Crippen MR) is 69.1 cm³/mol. The van der Waals surface area contributed by atoms with Crippen molar-refractivity contribution < 1.29 is 9.53 Å². The maximum Gasteiger partial charge on any atom is 0.261 e.